The lowest BCUT2D eigenvalue weighted by Crippen LogP contribution is -1.98. The van der Waals surface area contributed by atoms with Gasteiger partial charge in [-0.2, -0.15) is 5.10 Å². The summed E-state index contributed by atoms with van der Waals surface area (Å²) in [6.45, 7) is 1.96. The number of carboxylic acid groups (broad SMARTS) is 1. The first-order chi connectivity index (χ1) is 8.08. The van der Waals surface area contributed by atoms with Gasteiger partial charge in [0.25, 0.3) is 0 Å². The number of aromatic nitrogens is 2. The molecule has 2 rings (SSSR count). The van der Waals surface area contributed by atoms with E-state index in [1.54, 1.807) is 11.3 Å². The van der Waals surface area contributed by atoms with Gasteiger partial charge < -0.3 is 5.11 Å². The Bertz CT molecular complexity index is 547. The Balaban J connectivity index is 2.23. The summed E-state index contributed by atoms with van der Waals surface area (Å²) in [6, 6.07) is 3.98. The fourth-order valence-corrected chi connectivity index (χ4v) is 3.02. The van der Waals surface area contributed by atoms with Crippen molar-refractivity contribution in [3.63, 3.8) is 0 Å². The maximum absolute atomic E-state index is 10.5. The Hall–Kier alpha value is -1.14. The van der Waals surface area contributed by atoms with E-state index >= 15 is 0 Å². The molecule has 0 aliphatic rings. The molecule has 0 aliphatic carbocycles. The largest absolute Gasteiger partial charge is 0.481 e. The summed E-state index contributed by atoms with van der Waals surface area (Å²) in [4.78, 5) is 11.6. The third kappa shape index (κ3) is 2.76. The summed E-state index contributed by atoms with van der Waals surface area (Å²) in [5.74, 6) is -0.792. The third-order valence-corrected chi connectivity index (χ3v) is 4.14. The number of carboxylic acids is 1. The second kappa shape index (κ2) is 5.01. The fraction of sp³-hybridized carbons (Fsp3) is 0.273. The quantitative estimate of drug-likeness (QED) is 0.910. The molecule has 4 nitrogen and oxygen atoms in total. The zero-order valence-corrected chi connectivity index (χ0v) is 11.6. The molecule has 0 amide bonds. The highest BCUT2D eigenvalue weighted by molar-refractivity contribution is 9.11. The lowest BCUT2D eigenvalue weighted by molar-refractivity contribution is -0.136. The van der Waals surface area contributed by atoms with Crippen molar-refractivity contribution in [2.24, 2.45) is 0 Å². The van der Waals surface area contributed by atoms with Gasteiger partial charge >= 0.3 is 5.97 Å². The van der Waals surface area contributed by atoms with E-state index in [9.17, 15) is 4.79 Å². The number of aryl methyl sites for hydroxylation is 1. The number of nitrogens with one attached hydrogen (secondary N) is 1. The number of aromatic amines is 1. The minimum absolute atomic E-state index is 0.122. The Morgan fingerprint density at radius 1 is 1.59 bits per heavy atom. The molecular formula is C11H11BrN2O2S. The molecule has 0 bridgehead atoms. The molecule has 6 heteroatoms. The van der Waals surface area contributed by atoms with Crippen LogP contribution in [-0.2, 0) is 11.2 Å². The second-order valence-electron chi connectivity index (χ2n) is 3.67. The molecule has 0 aromatic carbocycles. The smallest absolute Gasteiger partial charge is 0.303 e. The van der Waals surface area contributed by atoms with Crippen LogP contribution in [0.2, 0.25) is 0 Å². The standard InChI is InChI=1S/C11H11BrN2O2S/c1-6-7(2-5-10(15)16)13-14-11(6)8-3-4-9(12)17-8/h3-4H,2,5H2,1H3,(H,13,14)(H,15,16). The summed E-state index contributed by atoms with van der Waals surface area (Å²) in [5, 5.41) is 15.8. The highest BCUT2D eigenvalue weighted by Gasteiger charge is 2.13. The Morgan fingerprint density at radius 3 is 2.94 bits per heavy atom. The van der Waals surface area contributed by atoms with Crippen LogP contribution in [0, 0.1) is 6.92 Å². The molecule has 0 fully saturated rings. The van der Waals surface area contributed by atoms with E-state index in [1.807, 2.05) is 19.1 Å². The average Bonchev–Trinajstić information content (AvgIpc) is 2.82. The zero-order valence-electron chi connectivity index (χ0n) is 9.16. The Labute approximate surface area is 111 Å². The monoisotopic (exact) mass is 314 g/mol. The minimum Gasteiger partial charge on any atom is -0.481 e. The van der Waals surface area contributed by atoms with Crippen LogP contribution in [0.3, 0.4) is 0 Å². The number of rotatable bonds is 4. The number of H-pyrrole nitrogens is 1. The van der Waals surface area contributed by atoms with E-state index in [4.69, 9.17) is 5.11 Å². The molecule has 90 valence electrons. The van der Waals surface area contributed by atoms with Crippen LogP contribution in [0.4, 0.5) is 0 Å². The van der Waals surface area contributed by atoms with Crippen LogP contribution in [0.1, 0.15) is 17.7 Å². The predicted molar refractivity (Wildman–Crippen MR) is 70.3 cm³/mol. The number of thiophene rings is 1. The predicted octanol–water partition coefficient (Wildman–Crippen LogP) is 3.23. The number of nitrogens with zero attached hydrogens (tertiary/aromatic N) is 1. The highest BCUT2D eigenvalue weighted by atomic mass is 79.9. The summed E-state index contributed by atoms with van der Waals surface area (Å²) in [5.41, 5.74) is 2.83. The third-order valence-electron chi connectivity index (χ3n) is 2.51. The summed E-state index contributed by atoms with van der Waals surface area (Å²) in [7, 11) is 0. The van der Waals surface area contributed by atoms with Crippen molar-refractivity contribution in [3.05, 3.63) is 27.2 Å². The van der Waals surface area contributed by atoms with Crippen LogP contribution in [0.15, 0.2) is 15.9 Å². The van der Waals surface area contributed by atoms with E-state index in [0.29, 0.717) is 6.42 Å². The minimum atomic E-state index is -0.792. The molecular weight excluding hydrogens is 304 g/mol. The van der Waals surface area contributed by atoms with E-state index in [2.05, 4.69) is 26.1 Å². The molecule has 0 atom stereocenters. The Morgan fingerprint density at radius 2 is 2.35 bits per heavy atom. The van der Waals surface area contributed by atoms with E-state index in [-0.39, 0.29) is 6.42 Å². The summed E-state index contributed by atoms with van der Waals surface area (Å²) in [6.07, 6.45) is 0.608. The van der Waals surface area contributed by atoms with Gasteiger partial charge in [0.1, 0.15) is 5.69 Å². The SMILES string of the molecule is Cc1c(-c2ccc(Br)s2)n[nH]c1CCC(=O)O. The molecule has 2 aromatic rings. The van der Waals surface area contributed by atoms with Crippen molar-refractivity contribution >= 4 is 33.2 Å². The molecule has 0 saturated carbocycles. The molecule has 0 spiro atoms. The molecule has 17 heavy (non-hydrogen) atoms. The first-order valence-corrected chi connectivity index (χ1v) is 6.70. The number of halogens is 1. The molecule has 0 radical (unpaired) electrons. The first-order valence-electron chi connectivity index (χ1n) is 5.09. The van der Waals surface area contributed by atoms with Gasteiger partial charge in [-0.05, 0) is 47.0 Å². The van der Waals surface area contributed by atoms with Crippen molar-refractivity contribution in [1.29, 1.82) is 0 Å². The maximum atomic E-state index is 10.5. The number of hydrogen-bond acceptors (Lipinski definition) is 3. The van der Waals surface area contributed by atoms with Crippen LogP contribution in [0.25, 0.3) is 10.6 Å². The summed E-state index contributed by atoms with van der Waals surface area (Å²) < 4.78 is 1.06. The molecule has 2 heterocycles. The van der Waals surface area contributed by atoms with Crippen molar-refractivity contribution in [3.8, 4) is 10.6 Å². The van der Waals surface area contributed by atoms with Gasteiger partial charge in [-0.1, -0.05) is 0 Å². The number of aliphatic carboxylic acids is 1. The molecule has 0 saturated heterocycles. The molecule has 0 unspecified atom stereocenters. The zero-order chi connectivity index (χ0) is 12.4. The maximum Gasteiger partial charge on any atom is 0.303 e. The van der Waals surface area contributed by atoms with Gasteiger partial charge in [0.2, 0.25) is 0 Å². The van der Waals surface area contributed by atoms with Crippen molar-refractivity contribution < 1.29 is 9.90 Å². The van der Waals surface area contributed by atoms with Gasteiger partial charge in [-0.15, -0.1) is 11.3 Å². The molecule has 2 aromatic heterocycles. The van der Waals surface area contributed by atoms with Crippen LogP contribution >= 0.6 is 27.3 Å². The fourth-order valence-electron chi connectivity index (χ4n) is 1.59. The van der Waals surface area contributed by atoms with Gasteiger partial charge in [-0.25, -0.2) is 0 Å². The van der Waals surface area contributed by atoms with Gasteiger partial charge in [0.05, 0.1) is 15.1 Å². The van der Waals surface area contributed by atoms with Crippen molar-refractivity contribution in [2.75, 3.05) is 0 Å². The van der Waals surface area contributed by atoms with Gasteiger partial charge in [0.15, 0.2) is 0 Å². The van der Waals surface area contributed by atoms with Crippen molar-refractivity contribution in [2.45, 2.75) is 19.8 Å². The van der Waals surface area contributed by atoms with Gasteiger partial charge in [-0.3, -0.25) is 9.89 Å². The second-order valence-corrected chi connectivity index (χ2v) is 6.14. The molecule has 2 N–H and O–H groups in total. The lowest BCUT2D eigenvalue weighted by Gasteiger charge is -1.96. The molecule has 0 aliphatic heterocycles. The van der Waals surface area contributed by atoms with Crippen molar-refractivity contribution in [1.82, 2.24) is 10.2 Å². The van der Waals surface area contributed by atoms with Crippen LogP contribution in [-0.4, -0.2) is 21.3 Å². The summed E-state index contributed by atoms with van der Waals surface area (Å²) >= 11 is 5.02. The average molecular weight is 315 g/mol. The van der Waals surface area contributed by atoms with E-state index in [1.165, 1.54) is 0 Å². The van der Waals surface area contributed by atoms with E-state index < -0.39 is 5.97 Å². The number of hydrogen-bond donors (Lipinski definition) is 2. The lowest BCUT2D eigenvalue weighted by atomic mass is 10.1. The number of carbonyl (C=O) groups is 1. The van der Waals surface area contributed by atoms with E-state index in [0.717, 1.165) is 25.6 Å². The van der Waals surface area contributed by atoms with Gasteiger partial charge in [0, 0.05) is 5.69 Å². The Kier molecular flexibility index (Phi) is 3.63. The van der Waals surface area contributed by atoms with Crippen LogP contribution in [0.5, 0.6) is 0 Å². The topological polar surface area (TPSA) is 66.0 Å². The highest BCUT2D eigenvalue weighted by Crippen LogP contribution is 2.32. The first kappa shape index (κ1) is 12.3. The van der Waals surface area contributed by atoms with Crippen LogP contribution < -0.4 is 0 Å². The normalized spacial score (nSPS) is 10.7.